The first-order valence-electron chi connectivity index (χ1n) is 7.69. The second-order valence-corrected chi connectivity index (χ2v) is 6.13. The summed E-state index contributed by atoms with van der Waals surface area (Å²) in [6.45, 7) is 4.02. The molecule has 0 radical (unpaired) electrons. The van der Waals surface area contributed by atoms with E-state index in [2.05, 4.69) is 9.97 Å². The molecule has 1 aliphatic heterocycles. The third-order valence-electron chi connectivity index (χ3n) is 4.31. The average Bonchev–Trinajstić information content (AvgIpc) is 3.15. The number of carbonyl (C=O) groups is 1. The van der Waals surface area contributed by atoms with Gasteiger partial charge in [-0.25, -0.2) is 9.97 Å². The standard InChI is InChI=1S/C15H23N5O/c1-10-13(16)17-14(11-5-6-11)18-15(10)19(2)9-12(21)20-7-3-4-8-20/h11H,3-9H2,1-2H3,(H2,16,17,18). The van der Waals surface area contributed by atoms with E-state index >= 15 is 0 Å². The van der Waals surface area contributed by atoms with Crippen molar-refractivity contribution in [2.24, 2.45) is 0 Å². The lowest BCUT2D eigenvalue weighted by Gasteiger charge is -2.24. The van der Waals surface area contributed by atoms with E-state index in [-0.39, 0.29) is 5.91 Å². The highest BCUT2D eigenvalue weighted by molar-refractivity contribution is 5.81. The summed E-state index contributed by atoms with van der Waals surface area (Å²) in [4.78, 5) is 25.1. The highest BCUT2D eigenvalue weighted by Gasteiger charge is 2.29. The van der Waals surface area contributed by atoms with Crippen molar-refractivity contribution >= 4 is 17.5 Å². The lowest BCUT2D eigenvalue weighted by atomic mass is 10.2. The summed E-state index contributed by atoms with van der Waals surface area (Å²) in [5.41, 5.74) is 6.86. The fourth-order valence-electron chi connectivity index (χ4n) is 2.78. The minimum atomic E-state index is 0.166. The summed E-state index contributed by atoms with van der Waals surface area (Å²) in [5.74, 6) is 2.77. The Labute approximate surface area is 125 Å². The molecule has 1 saturated heterocycles. The number of amides is 1. The van der Waals surface area contributed by atoms with Gasteiger partial charge in [0, 0.05) is 31.6 Å². The van der Waals surface area contributed by atoms with E-state index in [0.29, 0.717) is 18.3 Å². The van der Waals surface area contributed by atoms with Gasteiger partial charge in [-0.3, -0.25) is 4.79 Å². The topological polar surface area (TPSA) is 75.3 Å². The Bertz CT molecular complexity index is 549. The average molecular weight is 289 g/mol. The van der Waals surface area contributed by atoms with E-state index in [9.17, 15) is 4.79 Å². The number of rotatable bonds is 4. The molecule has 2 N–H and O–H groups in total. The Hall–Kier alpha value is -1.85. The van der Waals surface area contributed by atoms with Crippen LogP contribution in [0.3, 0.4) is 0 Å². The third kappa shape index (κ3) is 2.94. The number of likely N-dealkylation sites (tertiary alicyclic amines) is 1. The molecule has 114 valence electrons. The number of aromatic nitrogens is 2. The zero-order chi connectivity index (χ0) is 15.0. The molecule has 1 aromatic rings. The maximum atomic E-state index is 12.3. The molecule has 6 nitrogen and oxygen atoms in total. The first-order valence-corrected chi connectivity index (χ1v) is 7.69. The predicted octanol–water partition coefficient (Wildman–Crippen LogP) is 1.30. The van der Waals surface area contributed by atoms with E-state index in [4.69, 9.17) is 5.73 Å². The molecule has 0 aromatic carbocycles. The first kappa shape index (κ1) is 14.1. The molecule has 0 unspecified atom stereocenters. The van der Waals surface area contributed by atoms with Crippen molar-refractivity contribution in [2.45, 2.75) is 38.5 Å². The molecule has 1 saturated carbocycles. The smallest absolute Gasteiger partial charge is 0.242 e. The van der Waals surface area contributed by atoms with Crippen LogP contribution in [-0.4, -0.2) is 47.5 Å². The molecule has 0 atom stereocenters. The molecule has 6 heteroatoms. The summed E-state index contributed by atoms with van der Waals surface area (Å²) in [6, 6.07) is 0. The van der Waals surface area contributed by atoms with Gasteiger partial charge in [-0.1, -0.05) is 0 Å². The van der Waals surface area contributed by atoms with Crippen molar-refractivity contribution in [2.75, 3.05) is 37.3 Å². The summed E-state index contributed by atoms with van der Waals surface area (Å²) < 4.78 is 0. The van der Waals surface area contributed by atoms with Crippen molar-refractivity contribution in [3.05, 3.63) is 11.4 Å². The van der Waals surface area contributed by atoms with Crippen LogP contribution in [0.4, 0.5) is 11.6 Å². The lowest BCUT2D eigenvalue weighted by molar-refractivity contribution is -0.128. The molecule has 0 spiro atoms. The van der Waals surface area contributed by atoms with Crippen LogP contribution >= 0.6 is 0 Å². The maximum absolute atomic E-state index is 12.3. The summed E-state index contributed by atoms with van der Waals surface area (Å²) in [6.07, 6.45) is 4.50. The fraction of sp³-hybridized carbons (Fsp3) is 0.667. The number of nitrogen functional groups attached to an aromatic ring is 1. The number of likely N-dealkylation sites (N-methyl/N-ethyl adjacent to an activating group) is 1. The van der Waals surface area contributed by atoms with Gasteiger partial charge in [0.2, 0.25) is 5.91 Å². The molecule has 3 rings (SSSR count). The van der Waals surface area contributed by atoms with Crippen LogP contribution in [0.25, 0.3) is 0 Å². The van der Waals surface area contributed by atoms with E-state index in [1.54, 1.807) is 0 Å². The second kappa shape index (κ2) is 5.50. The van der Waals surface area contributed by atoms with E-state index in [1.807, 2.05) is 23.8 Å². The van der Waals surface area contributed by atoms with Crippen LogP contribution < -0.4 is 10.6 Å². The highest BCUT2D eigenvalue weighted by Crippen LogP contribution is 2.39. The Morgan fingerprint density at radius 2 is 2.00 bits per heavy atom. The van der Waals surface area contributed by atoms with Crippen molar-refractivity contribution in [1.29, 1.82) is 0 Å². The predicted molar refractivity (Wildman–Crippen MR) is 82.2 cm³/mol. The van der Waals surface area contributed by atoms with Crippen LogP contribution in [0, 0.1) is 6.92 Å². The van der Waals surface area contributed by atoms with E-state index in [0.717, 1.165) is 56.0 Å². The zero-order valence-electron chi connectivity index (χ0n) is 12.8. The third-order valence-corrected chi connectivity index (χ3v) is 4.31. The molecular weight excluding hydrogens is 266 g/mol. The van der Waals surface area contributed by atoms with Crippen molar-refractivity contribution < 1.29 is 4.79 Å². The molecule has 2 aliphatic rings. The van der Waals surface area contributed by atoms with Crippen LogP contribution in [0.2, 0.25) is 0 Å². The van der Waals surface area contributed by atoms with Gasteiger partial charge >= 0.3 is 0 Å². The summed E-state index contributed by atoms with van der Waals surface area (Å²) in [7, 11) is 1.90. The molecule has 1 aliphatic carbocycles. The quantitative estimate of drug-likeness (QED) is 0.904. The molecule has 21 heavy (non-hydrogen) atoms. The van der Waals surface area contributed by atoms with Gasteiger partial charge in [0.05, 0.1) is 6.54 Å². The fourth-order valence-corrected chi connectivity index (χ4v) is 2.78. The summed E-state index contributed by atoms with van der Waals surface area (Å²) >= 11 is 0. The molecule has 1 amide bonds. The monoisotopic (exact) mass is 289 g/mol. The Morgan fingerprint density at radius 1 is 1.33 bits per heavy atom. The largest absolute Gasteiger partial charge is 0.383 e. The molecule has 1 aromatic heterocycles. The Kier molecular flexibility index (Phi) is 3.69. The zero-order valence-corrected chi connectivity index (χ0v) is 12.8. The number of nitrogens with two attached hydrogens (primary N) is 1. The highest BCUT2D eigenvalue weighted by atomic mass is 16.2. The molecule has 2 heterocycles. The lowest BCUT2D eigenvalue weighted by Crippen LogP contribution is -2.38. The second-order valence-electron chi connectivity index (χ2n) is 6.13. The SMILES string of the molecule is Cc1c(N)nc(C2CC2)nc1N(C)CC(=O)N1CCCC1. The van der Waals surface area contributed by atoms with Crippen molar-refractivity contribution in [3.63, 3.8) is 0 Å². The van der Waals surface area contributed by atoms with Gasteiger partial charge in [0.15, 0.2) is 0 Å². The number of nitrogens with zero attached hydrogens (tertiary/aromatic N) is 4. The Balaban J connectivity index is 1.76. The van der Waals surface area contributed by atoms with Crippen LogP contribution in [0.5, 0.6) is 0 Å². The normalized spacial score (nSPS) is 18.1. The maximum Gasteiger partial charge on any atom is 0.242 e. The van der Waals surface area contributed by atoms with Crippen molar-refractivity contribution in [1.82, 2.24) is 14.9 Å². The van der Waals surface area contributed by atoms with Gasteiger partial charge in [0.1, 0.15) is 17.5 Å². The van der Waals surface area contributed by atoms with Crippen LogP contribution in [-0.2, 0) is 4.79 Å². The van der Waals surface area contributed by atoms with Crippen LogP contribution in [0.15, 0.2) is 0 Å². The number of anilines is 2. The van der Waals surface area contributed by atoms with Gasteiger partial charge in [-0.05, 0) is 32.6 Å². The summed E-state index contributed by atoms with van der Waals surface area (Å²) in [5, 5.41) is 0. The molecule has 0 bridgehead atoms. The Morgan fingerprint density at radius 3 is 2.62 bits per heavy atom. The van der Waals surface area contributed by atoms with Crippen LogP contribution in [0.1, 0.15) is 43.0 Å². The van der Waals surface area contributed by atoms with Gasteiger partial charge in [-0.2, -0.15) is 0 Å². The molecular formula is C15H23N5O. The number of hydrogen-bond donors (Lipinski definition) is 1. The van der Waals surface area contributed by atoms with Gasteiger partial charge < -0.3 is 15.5 Å². The minimum Gasteiger partial charge on any atom is -0.383 e. The van der Waals surface area contributed by atoms with E-state index in [1.165, 1.54) is 0 Å². The minimum absolute atomic E-state index is 0.166. The number of carbonyl (C=O) groups excluding carboxylic acids is 1. The van der Waals surface area contributed by atoms with Gasteiger partial charge in [0.25, 0.3) is 0 Å². The van der Waals surface area contributed by atoms with Gasteiger partial charge in [-0.15, -0.1) is 0 Å². The van der Waals surface area contributed by atoms with Crippen molar-refractivity contribution in [3.8, 4) is 0 Å². The molecule has 2 fully saturated rings. The first-order chi connectivity index (χ1) is 10.1. The number of hydrogen-bond acceptors (Lipinski definition) is 5. The van der Waals surface area contributed by atoms with E-state index < -0.39 is 0 Å².